The van der Waals surface area contributed by atoms with Crippen molar-refractivity contribution in [2.45, 2.75) is 70.6 Å². The molecule has 0 aromatic carbocycles. The number of aliphatic hydroxyl groups excluding tert-OH is 1. The van der Waals surface area contributed by atoms with Crippen LogP contribution in [0.2, 0.25) is 0 Å². The molecule has 3 rings (SSSR count). The minimum Gasteiger partial charge on any atom is -0.393 e. The van der Waals surface area contributed by atoms with E-state index in [2.05, 4.69) is 15.0 Å². The van der Waals surface area contributed by atoms with Crippen molar-refractivity contribution in [1.29, 1.82) is 0 Å². The lowest BCUT2D eigenvalue weighted by Gasteiger charge is -2.36. The molecule has 3 atom stereocenters. The van der Waals surface area contributed by atoms with E-state index in [1.165, 1.54) is 25.7 Å². The minimum atomic E-state index is -0.122. The van der Waals surface area contributed by atoms with Crippen LogP contribution >= 0.6 is 0 Å². The van der Waals surface area contributed by atoms with Crippen molar-refractivity contribution in [3.05, 3.63) is 11.7 Å². The van der Waals surface area contributed by atoms with Crippen LogP contribution in [0.5, 0.6) is 0 Å². The van der Waals surface area contributed by atoms with Gasteiger partial charge < -0.3 is 9.63 Å². The van der Waals surface area contributed by atoms with Crippen molar-refractivity contribution in [1.82, 2.24) is 15.0 Å². The molecule has 1 saturated heterocycles. The summed E-state index contributed by atoms with van der Waals surface area (Å²) in [6.07, 6.45) is 7.65. The first-order valence-corrected chi connectivity index (χ1v) is 8.01. The van der Waals surface area contributed by atoms with Gasteiger partial charge in [0.05, 0.1) is 12.6 Å². The summed E-state index contributed by atoms with van der Waals surface area (Å²) in [4.78, 5) is 6.85. The molecule has 0 spiro atoms. The van der Waals surface area contributed by atoms with Crippen molar-refractivity contribution >= 4 is 0 Å². The first-order chi connectivity index (χ1) is 9.78. The van der Waals surface area contributed by atoms with E-state index < -0.39 is 0 Å². The van der Waals surface area contributed by atoms with Crippen LogP contribution in [0.4, 0.5) is 0 Å². The van der Waals surface area contributed by atoms with Crippen LogP contribution in [0.15, 0.2) is 4.52 Å². The number of aliphatic hydroxyl groups is 1. The van der Waals surface area contributed by atoms with E-state index in [1.54, 1.807) is 0 Å². The van der Waals surface area contributed by atoms with Crippen LogP contribution in [-0.2, 0) is 13.0 Å². The summed E-state index contributed by atoms with van der Waals surface area (Å²) in [5, 5.41) is 14.2. The topological polar surface area (TPSA) is 62.4 Å². The SMILES string of the molecule is CCc1noc(CN2CCCC2C2CCCCC2O)n1. The van der Waals surface area contributed by atoms with Crippen molar-refractivity contribution in [2.75, 3.05) is 6.54 Å². The third-order valence-corrected chi connectivity index (χ3v) is 4.85. The number of aromatic nitrogens is 2. The summed E-state index contributed by atoms with van der Waals surface area (Å²) in [5.74, 6) is 1.94. The van der Waals surface area contributed by atoms with Gasteiger partial charge >= 0.3 is 0 Å². The van der Waals surface area contributed by atoms with E-state index in [1.807, 2.05) is 6.92 Å². The number of nitrogens with zero attached hydrogens (tertiary/aromatic N) is 3. The van der Waals surface area contributed by atoms with Gasteiger partial charge in [0, 0.05) is 18.4 Å². The average molecular weight is 279 g/mol. The molecule has 1 aromatic rings. The highest BCUT2D eigenvalue weighted by Crippen LogP contribution is 2.35. The first-order valence-electron chi connectivity index (χ1n) is 8.01. The van der Waals surface area contributed by atoms with Crippen LogP contribution in [0.25, 0.3) is 0 Å². The molecule has 0 bridgehead atoms. The summed E-state index contributed by atoms with van der Waals surface area (Å²) in [6, 6.07) is 0.488. The molecule has 2 fully saturated rings. The normalized spacial score (nSPS) is 31.8. The molecule has 5 nitrogen and oxygen atoms in total. The number of aryl methyl sites for hydroxylation is 1. The third kappa shape index (κ3) is 2.88. The molecule has 0 amide bonds. The van der Waals surface area contributed by atoms with Crippen molar-refractivity contribution < 1.29 is 9.63 Å². The molecular formula is C15H25N3O2. The molecule has 1 aliphatic carbocycles. The van der Waals surface area contributed by atoms with Gasteiger partial charge in [-0.15, -0.1) is 0 Å². The van der Waals surface area contributed by atoms with E-state index in [0.29, 0.717) is 12.0 Å². The summed E-state index contributed by atoms with van der Waals surface area (Å²) < 4.78 is 5.31. The Balaban J connectivity index is 1.65. The van der Waals surface area contributed by atoms with Gasteiger partial charge in [-0.05, 0) is 32.2 Å². The Labute approximate surface area is 120 Å². The highest BCUT2D eigenvalue weighted by molar-refractivity contribution is 4.93. The molecule has 2 aliphatic rings. The second-order valence-corrected chi connectivity index (χ2v) is 6.15. The molecule has 20 heavy (non-hydrogen) atoms. The Morgan fingerprint density at radius 2 is 2.10 bits per heavy atom. The van der Waals surface area contributed by atoms with Crippen LogP contribution in [0, 0.1) is 5.92 Å². The average Bonchev–Trinajstić information content (AvgIpc) is 3.09. The highest BCUT2D eigenvalue weighted by Gasteiger charge is 2.37. The van der Waals surface area contributed by atoms with Gasteiger partial charge in [-0.25, -0.2) is 0 Å². The Kier molecular flexibility index (Phi) is 4.36. The predicted octanol–water partition coefficient (Wildman–Crippen LogP) is 2.15. The van der Waals surface area contributed by atoms with E-state index in [-0.39, 0.29) is 6.10 Å². The van der Waals surface area contributed by atoms with Gasteiger partial charge in [-0.2, -0.15) is 4.98 Å². The van der Waals surface area contributed by atoms with Crippen LogP contribution in [0.1, 0.15) is 57.2 Å². The molecule has 2 heterocycles. The van der Waals surface area contributed by atoms with Crippen LogP contribution in [0.3, 0.4) is 0 Å². The molecule has 5 heteroatoms. The molecule has 1 aromatic heterocycles. The Hall–Kier alpha value is -0.940. The number of hydrogen-bond acceptors (Lipinski definition) is 5. The van der Waals surface area contributed by atoms with Crippen molar-refractivity contribution in [3.63, 3.8) is 0 Å². The van der Waals surface area contributed by atoms with Crippen LogP contribution < -0.4 is 0 Å². The standard InChI is InChI=1S/C15H25N3O2/c1-2-14-16-15(20-17-14)10-18-9-5-7-12(18)11-6-3-4-8-13(11)19/h11-13,19H,2-10H2,1H3. The zero-order valence-electron chi connectivity index (χ0n) is 12.3. The summed E-state index contributed by atoms with van der Waals surface area (Å²) in [6.45, 7) is 3.85. The summed E-state index contributed by atoms with van der Waals surface area (Å²) >= 11 is 0. The second-order valence-electron chi connectivity index (χ2n) is 6.15. The van der Waals surface area contributed by atoms with E-state index >= 15 is 0 Å². The zero-order valence-corrected chi connectivity index (χ0v) is 12.3. The maximum absolute atomic E-state index is 10.3. The Morgan fingerprint density at radius 3 is 2.85 bits per heavy atom. The number of hydrogen-bond donors (Lipinski definition) is 1. The number of likely N-dealkylation sites (tertiary alicyclic amines) is 1. The summed E-state index contributed by atoms with van der Waals surface area (Å²) in [5.41, 5.74) is 0. The maximum Gasteiger partial charge on any atom is 0.240 e. The fraction of sp³-hybridized carbons (Fsp3) is 0.867. The molecule has 3 unspecified atom stereocenters. The third-order valence-electron chi connectivity index (χ3n) is 4.85. The molecule has 1 N–H and O–H groups in total. The first kappa shape index (κ1) is 14.0. The maximum atomic E-state index is 10.3. The van der Waals surface area contributed by atoms with Gasteiger partial charge in [0.25, 0.3) is 0 Å². The highest BCUT2D eigenvalue weighted by atomic mass is 16.5. The fourth-order valence-corrected chi connectivity index (χ4v) is 3.79. The smallest absolute Gasteiger partial charge is 0.240 e. The van der Waals surface area contributed by atoms with Crippen LogP contribution in [-0.4, -0.2) is 38.8 Å². The van der Waals surface area contributed by atoms with E-state index in [9.17, 15) is 5.11 Å². The van der Waals surface area contributed by atoms with Crippen molar-refractivity contribution in [3.8, 4) is 0 Å². The Morgan fingerprint density at radius 1 is 1.25 bits per heavy atom. The monoisotopic (exact) mass is 279 g/mol. The fourth-order valence-electron chi connectivity index (χ4n) is 3.79. The molecule has 0 radical (unpaired) electrons. The lowest BCUT2D eigenvalue weighted by atomic mass is 9.80. The lowest BCUT2D eigenvalue weighted by molar-refractivity contribution is 0.0178. The number of rotatable bonds is 4. The quantitative estimate of drug-likeness (QED) is 0.915. The minimum absolute atomic E-state index is 0.122. The largest absolute Gasteiger partial charge is 0.393 e. The van der Waals surface area contributed by atoms with Gasteiger partial charge in [-0.1, -0.05) is 24.9 Å². The van der Waals surface area contributed by atoms with Gasteiger partial charge in [-0.3, -0.25) is 4.90 Å². The van der Waals surface area contributed by atoms with E-state index in [4.69, 9.17) is 4.52 Å². The zero-order chi connectivity index (χ0) is 13.9. The summed E-state index contributed by atoms with van der Waals surface area (Å²) in [7, 11) is 0. The van der Waals surface area contributed by atoms with Gasteiger partial charge in [0.2, 0.25) is 5.89 Å². The molecular weight excluding hydrogens is 254 g/mol. The molecule has 1 aliphatic heterocycles. The van der Waals surface area contributed by atoms with Gasteiger partial charge in [0.1, 0.15) is 0 Å². The molecule has 1 saturated carbocycles. The van der Waals surface area contributed by atoms with E-state index in [0.717, 1.165) is 44.1 Å². The predicted molar refractivity (Wildman–Crippen MR) is 75.1 cm³/mol. The second kappa shape index (κ2) is 6.22. The van der Waals surface area contributed by atoms with Crippen molar-refractivity contribution in [2.24, 2.45) is 5.92 Å². The molecule has 112 valence electrons. The lowest BCUT2D eigenvalue weighted by Crippen LogP contribution is -2.42. The Bertz CT molecular complexity index is 435. The van der Waals surface area contributed by atoms with Gasteiger partial charge in [0.15, 0.2) is 5.82 Å².